The normalized spacial score (nSPS) is 15.3. The molecule has 194 valence electrons. The van der Waals surface area contributed by atoms with Crippen LogP contribution in [0.3, 0.4) is 0 Å². The highest BCUT2D eigenvalue weighted by Gasteiger charge is 2.36. The fourth-order valence-corrected chi connectivity index (χ4v) is 5.80. The average Bonchev–Trinajstić information content (AvgIpc) is 3.21. The quantitative estimate of drug-likeness (QED) is 0.382. The number of fused-ring (bicyclic) bond motifs is 2. The zero-order valence-electron chi connectivity index (χ0n) is 21.3. The van der Waals surface area contributed by atoms with Crippen LogP contribution in [0.1, 0.15) is 31.0 Å². The highest BCUT2D eigenvalue weighted by molar-refractivity contribution is 7.07. The number of phenolic OH excluding ortho intramolecular Hbond substituents is 1. The summed E-state index contributed by atoms with van der Waals surface area (Å²) in [5, 5.41) is 12.0. The number of ether oxygens (including phenoxy) is 3. The van der Waals surface area contributed by atoms with Gasteiger partial charge in [-0.25, -0.2) is 9.79 Å². The Bertz CT molecular complexity index is 1780. The number of thiazole rings is 1. The summed E-state index contributed by atoms with van der Waals surface area (Å²) in [7, 11) is 3.03. The first-order valence-corrected chi connectivity index (χ1v) is 12.8. The Kier molecular flexibility index (Phi) is 6.77. The number of hydrogen-bond acceptors (Lipinski definition) is 8. The van der Waals surface area contributed by atoms with E-state index in [1.807, 2.05) is 36.4 Å². The van der Waals surface area contributed by atoms with E-state index in [2.05, 4.69) is 4.99 Å². The number of phenols is 1. The van der Waals surface area contributed by atoms with Crippen LogP contribution in [0.4, 0.5) is 0 Å². The summed E-state index contributed by atoms with van der Waals surface area (Å²) in [6.45, 7) is 3.66. The molecule has 1 unspecified atom stereocenters. The van der Waals surface area contributed by atoms with Crippen molar-refractivity contribution >= 4 is 34.2 Å². The molecule has 1 atom stereocenters. The Balaban J connectivity index is 1.82. The van der Waals surface area contributed by atoms with Gasteiger partial charge >= 0.3 is 5.97 Å². The number of aromatic hydroxyl groups is 1. The monoisotopic (exact) mass is 530 g/mol. The number of benzene rings is 3. The standard InChI is InChI=1S/C29H26N2O6S/c1-5-37-28(34)24-16(2)30-29-31(26(24)25-19-9-7-6-8-18(19)11-13-22(25)36-4)27(33)23(38-29)15-17-10-12-21(35-3)20(32)14-17/h6-15,26,32H,5H2,1-4H3/b23-15-. The van der Waals surface area contributed by atoms with Gasteiger partial charge in [0.1, 0.15) is 11.8 Å². The van der Waals surface area contributed by atoms with Crippen LogP contribution in [0.2, 0.25) is 0 Å². The number of esters is 1. The smallest absolute Gasteiger partial charge is 0.338 e. The molecule has 0 amide bonds. The number of methoxy groups -OCH3 is 2. The second-order valence-electron chi connectivity index (χ2n) is 8.64. The van der Waals surface area contributed by atoms with Crippen molar-refractivity contribution in [3.05, 3.63) is 96.7 Å². The Morgan fingerprint density at radius 2 is 1.84 bits per heavy atom. The molecule has 1 N–H and O–H groups in total. The van der Waals surface area contributed by atoms with Crippen molar-refractivity contribution in [2.45, 2.75) is 19.9 Å². The number of carbonyl (C=O) groups excluding carboxylic acids is 1. The molecule has 0 fully saturated rings. The summed E-state index contributed by atoms with van der Waals surface area (Å²) in [6, 6.07) is 15.6. The van der Waals surface area contributed by atoms with Crippen LogP contribution < -0.4 is 24.4 Å². The molecule has 5 rings (SSSR count). The molecule has 0 bridgehead atoms. The van der Waals surface area contributed by atoms with Crippen LogP contribution in [0, 0.1) is 0 Å². The van der Waals surface area contributed by atoms with E-state index in [0.717, 1.165) is 10.8 Å². The van der Waals surface area contributed by atoms with Crippen molar-refractivity contribution in [1.29, 1.82) is 0 Å². The highest BCUT2D eigenvalue weighted by Crippen LogP contribution is 2.40. The van der Waals surface area contributed by atoms with E-state index in [0.29, 0.717) is 37.7 Å². The van der Waals surface area contributed by atoms with Gasteiger partial charge in [0.25, 0.3) is 5.56 Å². The van der Waals surface area contributed by atoms with E-state index >= 15 is 0 Å². The van der Waals surface area contributed by atoms with E-state index in [9.17, 15) is 14.7 Å². The molecular weight excluding hydrogens is 504 g/mol. The second-order valence-corrected chi connectivity index (χ2v) is 9.65. The topological polar surface area (TPSA) is 99.4 Å². The molecule has 2 heterocycles. The lowest BCUT2D eigenvalue weighted by atomic mass is 9.90. The lowest BCUT2D eigenvalue weighted by Crippen LogP contribution is -2.40. The third-order valence-corrected chi connectivity index (χ3v) is 7.42. The van der Waals surface area contributed by atoms with Crippen LogP contribution >= 0.6 is 11.3 Å². The van der Waals surface area contributed by atoms with Crippen molar-refractivity contribution in [2.24, 2.45) is 4.99 Å². The maximum atomic E-state index is 14.0. The molecule has 9 heteroatoms. The fourth-order valence-electron chi connectivity index (χ4n) is 4.75. The largest absolute Gasteiger partial charge is 0.504 e. The van der Waals surface area contributed by atoms with Crippen molar-refractivity contribution in [1.82, 2.24) is 4.57 Å². The number of hydrogen-bond donors (Lipinski definition) is 1. The first kappa shape index (κ1) is 25.3. The maximum absolute atomic E-state index is 14.0. The van der Waals surface area contributed by atoms with Gasteiger partial charge in [-0.05, 0) is 54.5 Å². The van der Waals surface area contributed by atoms with Gasteiger partial charge in [0.2, 0.25) is 0 Å². The first-order valence-electron chi connectivity index (χ1n) is 12.0. The minimum absolute atomic E-state index is 0.0344. The summed E-state index contributed by atoms with van der Waals surface area (Å²) >= 11 is 1.21. The molecule has 1 aliphatic heterocycles. The molecule has 4 aromatic rings. The molecule has 3 aromatic carbocycles. The summed E-state index contributed by atoms with van der Waals surface area (Å²) in [5.41, 5.74) is 1.73. The lowest BCUT2D eigenvalue weighted by molar-refractivity contribution is -0.139. The Morgan fingerprint density at radius 3 is 2.55 bits per heavy atom. The lowest BCUT2D eigenvalue weighted by Gasteiger charge is -2.27. The third-order valence-electron chi connectivity index (χ3n) is 6.44. The van der Waals surface area contributed by atoms with Gasteiger partial charge in [0, 0.05) is 5.56 Å². The van der Waals surface area contributed by atoms with Crippen LogP contribution in [0.25, 0.3) is 16.8 Å². The zero-order valence-corrected chi connectivity index (χ0v) is 22.2. The molecule has 8 nitrogen and oxygen atoms in total. The van der Waals surface area contributed by atoms with Gasteiger partial charge < -0.3 is 19.3 Å². The number of carbonyl (C=O) groups is 1. The Morgan fingerprint density at radius 1 is 1.11 bits per heavy atom. The van der Waals surface area contributed by atoms with Crippen LogP contribution in [-0.4, -0.2) is 36.5 Å². The second kappa shape index (κ2) is 10.2. The van der Waals surface area contributed by atoms with Crippen molar-refractivity contribution in [3.8, 4) is 17.2 Å². The molecule has 38 heavy (non-hydrogen) atoms. The molecule has 0 spiro atoms. The average molecular weight is 531 g/mol. The van der Waals surface area contributed by atoms with Crippen LogP contribution in [0.15, 0.2) is 75.7 Å². The van der Waals surface area contributed by atoms with Gasteiger partial charge in [-0.15, -0.1) is 0 Å². The van der Waals surface area contributed by atoms with E-state index in [4.69, 9.17) is 14.2 Å². The molecule has 0 saturated carbocycles. The molecule has 0 saturated heterocycles. The van der Waals surface area contributed by atoms with Crippen molar-refractivity contribution in [2.75, 3.05) is 20.8 Å². The van der Waals surface area contributed by atoms with Gasteiger partial charge in [-0.3, -0.25) is 9.36 Å². The molecule has 1 aromatic heterocycles. The third kappa shape index (κ3) is 4.24. The molecule has 0 aliphatic carbocycles. The zero-order chi connectivity index (χ0) is 27.0. The number of aromatic nitrogens is 1. The summed E-state index contributed by atoms with van der Waals surface area (Å²) in [4.78, 5) is 32.4. The van der Waals surface area contributed by atoms with Gasteiger partial charge in [0.15, 0.2) is 16.3 Å². The maximum Gasteiger partial charge on any atom is 0.338 e. The van der Waals surface area contributed by atoms with E-state index in [-0.39, 0.29) is 23.5 Å². The molecule has 1 aliphatic rings. The Hall–Kier alpha value is -4.37. The number of rotatable bonds is 6. The number of nitrogens with zero attached hydrogens (tertiary/aromatic N) is 2. The van der Waals surface area contributed by atoms with Gasteiger partial charge in [-0.2, -0.15) is 0 Å². The van der Waals surface area contributed by atoms with Gasteiger partial charge in [0.05, 0.1) is 36.6 Å². The van der Waals surface area contributed by atoms with Gasteiger partial charge in [-0.1, -0.05) is 47.7 Å². The van der Waals surface area contributed by atoms with Crippen molar-refractivity contribution in [3.63, 3.8) is 0 Å². The van der Waals surface area contributed by atoms with Crippen LogP contribution in [0.5, 0.6) is 17.2 Å². The predicted octanol–water partition coefficient (Wildman–Crippen LogP) is 3.67. The fraction of sp³-hybridized carbons (Fsp3) is 0.207. The number of allylic oxidation sites excluding steroid dienone is 1. The van der Waals surface area contributed by atoms with Crippen molar-refractivity contribution < 1.29 is 24.1 Å². The first-order chi connectivity index (χ1) is 18.4. The highest BCUT2D eigenvalue weighted by atomic mass is 32.1. The Labute approximate surface area is 222 Å². The van der Waals surface area contributed by atoms with Crippen LogP contribution in [-0.2, 0) is 9.53 Å². The predicted molar refractivity (Wildman–Crippen MR) is 146 cm³/mol. The molecular formula is C29H26N2O6S. The van der Waals surface area contributed by atoms with E-state index in [1.54, 1.807) is 39.2 Å². The summed E-state index contributed by atoms with van der Waals surface area (Å²) in [6.07, 6.45) is 1.68. The molecule has 0 radical (unpaired) electrons. The summed E-state index contributed by atoms with van der Waals surface area (Å²) < 4.78 is 18.2. The minimum Gasteiger partial charge on any atom is -0.504 e. The van der Waals surface area contributed by atoms with E-state index in [1.165, 1.54) is 29.1 Å². The summed E-state index contributed by atoms with van der Waals surface area (Å²) in [5.74, 6) is 0.303. The van der Waals surface area contributed by atoms with E-state index < -0.39 is 12.0 Å². The SMILES string of the molecule is CCOC(=O)C1=C(C)N=c2s/c(=C\c3ccc(OC)c(O)c3)c(=O)n2C1c1c(OC)ccc2ccccc12. The minimum atomic E-state index is -0.822.